The van der Waals surface area contributed by atoms with Gasteiger partial charge in [-0.05, 0) is 41.5 Å². The highest BCUT2D eigenvalue weighted by atomic mass is 16.5. The van der Waals surface area contributed by atoms with Crippen molar-refractivity contribution in [3.05, 3.63) is 0 Å². The van der Waals surface area contributed by atoms with Crippen LogP contribution in [-0.2, 0) is 4.74 Å². The van der Waals surface area contributed by atoms with Crippen LogP contribution < -0.4 is 0 Å². The maximum Gasteiger partial charge on any atom is 0.0641 e. The van der Waals surface area contributed by atoms with Gasteiger partial charge in [0.2, 0.25) is 0 Å². The van der Waals surface area contributed by atoms with E-state index in [0.717, 1.165) is 6.61 Å². The molecule has 78 valence electrons. The normalized spacial score (nSPS) is 29.1. The molecular weight excluding hydrogens is 162 g/mol. The Morgan fingerprint density at radius 2 is 1.69 bits per heavy atom. The zero-order chi connectivity index (χ0) is 10.3. The van der Waals surface area contributed by atoms with Crippen LogP contribution in [0.1, 0.15) is 41.5 Å². The molecule has 1 aliphatic rings. The fourth-order valence-electron chi connectivity index (χ4n) is 1.49. The zero-order valence-electron chi connectivity index (χ0n) is 9.85. The van der Waals surface area contributed by atoms with Crippen LogP contribution in [0, 0.1) is 0 Å². The second kappa shape index (κ2) is 3.25. The summed E-state index contributed by atoms with van der Waals surface area (Å²) in [4.78, 5) is 2.47. The van der Waals surface area contributed by atoms with Gasteiger partial charge in [0.1, 0.15) is 0 Å². The zero-order valence-corrected chi connectivity index (χ0v) is 9.85. The Bertz CT molecular complexity index is 176. The Kier molecular flexibility index (Phi) is 2.75. The first kappa shape index (κ1) is 11.0. The highest BCUT2D eigenvalue weighted by molar-refractivity contribution is 4.97. The monoisotopic (exact) mass is 185 g/mol. The van der Waals surface area contributed by atoms with Crippen LogP contribution >= 0.6 is 0 Å². The quantitative estimate of drug-likeness (QED) is 0.612. The molecule has 1 rings (SSSR count). The van der Waals surface area contributed by atoms with Crippen molar-refractivity contribution in [3.63, 3.8) is 0 Å². The van der Waals surface area contributed by atoms with Gasteiger partial charge in [-0.1, -0.05) is 0 Å². The predicted octanol–water partition coefficient (Wildman–Crippen LogP) is 2.28. The van der Waals surface area contributed by atoms with Gasteiger partial charge in [0.05, 0.1) is 12.2 Å². The molecule has 2 unspecified atom stereocenters. The Labute approximate surface area is 82.3 Å². The maximum absolute atomic E-state index is 5.74. The van der Waals surface area contributed by atoms with Crippen molar-refractivity contribution >= 4 is 0 Å². The van der Waals surface area contributed by atoms with Crippen molar-refractivity contribution in [2.75, 3.05) is 13.2 Å². The van der Waals surface area contributed by atoms with Gasteiger partial charge in [-0.2, -0.15) is 0 Å². The van der Waals surface area contributed by atoms with Crippen molar-refractivity contribution in [2.45, 2.75) is 58.7 Å². The number of nitrogens with zero attached hydrogens (tertiary/aromatic N) is 1. The minimum atomic E-state index is 0.00610. The van der Waals surface area contributed by atoms with Gasteiger partial charge in [0.15, 0.2) is 0 Å². The summed E-state index contributed by atoms with van der Waals surface area (Å²) < 4.78 is 5.74. The van der Waals surface area contributed by atoms with Crippen molar-refractivity contribution in [1.82, 2.24) is 4.90 Å². The minimum Gasteiger partial charge on any atom is -0.374 e. The van der Waals surface area contributed by atoms with Crippen LogP contribution in [0.15, 0.2) is 0 Å². The number of rotatable bonds is 2. The number of ether oxygens (including phenoxy) is 1. The van der Waals surface area contributed by atoms with Gasteiger partial charge in [0, 0.05) is 18.1 Å². The molecule has 0 radical (unpaired) electrons. The van der Waals surface area contributed by atoms with Gasteiger partial charge in [0.25, 0.3) is 0 Å². The topological polar surface area (TPSA) is 12.2 Å². The largest absolute Gasteiger partial charge is 0.374 e. The summed E-state index contributed by atoms with van der Waals surface area (Å²) in [6.07, 6.45) is 0. The molecule has 1 aliphatic heterocycles. The van der Waals surface area contributed by atoms with Crippen LogP contribution in [0.4, 0.5) is 0 Å². The lowest BCUT2D eigenvalue weighted by Gasteiger charge is -2.23. The summed E-state index contributed by atoms with van der Waals surface area (Å²) >= 11 is 0. The van der Waals surface area contributed by atoms with Gasteiger partial charge in [-0.3, -0.25) is 4.90 Å². The van der Waals surface area contributed by atoms with Crippen molar-refractivity contribution in [2.24, 2.45) is 0 Å². The van der Waals surface area contributed by atoms with Gasteiger partial charge >= 0.3 is 0 Å². The van der Waals surface area contributed by atoms with E-state index < -0.39 is 0 Å². The van der Waals surface area contributed by atoms with Gasteiger partial charge in [-0.15, -0.1) is 0 Å². The van der Waals surface area contributed by atoms with E-state index in [1.165, 1.54) is 6.54 Å². The molecular formula is C11H23NO. The van der Waals surface area contributed by atoms with E-state index in [4.69, 9.17) is 4.74 Å². The predicted molar refractivity (Wildman–Crippen MR) is 56.0 cm³/mol. The number of hydrogen-bond acceptors (Lipinski definition) is 2. The molecule has 13 heavy (non-hydrogen) atoms. The van der Waals surface area contributed by atoms with Crippen LogP contribution in [0.3, 0.4) is 0 Å². The molecule has 0 aliphatic carbocycles. The van der Waals surface area contributed by atoms with E-state index in [1.54, 1.807) is 0 Å². The summed E-state index contributed by atoms with van der Waals surface area (Å²) in [5, 5.41) is 0. The van der Waals surface area contributed by atoms with E-state index in [9.17, 15) is 0 Å². The summed E-state index contributed by atoms with van der Waals surface area (Å²) in [5.74, 6) is 0. The standard InChI is InChI=1S/C11H23NO/c1-10(2,3)12-7-9(12)8-13-11(4,5)6/h9H,7-8H2,1-6H3. The van der Waals surface area contributed by atoms with E-state index in [-0.39, 0.29) is 5.60 Å². The third-order valence-electron chi connectivity index (χ3n) is 2.29. The molecule has 0 spiro atoms. The second-order valence-corrected chi connectivity index (χ2v) is 5.90. The number of hydrogen-bond donors (Lipinski definition) is 0. The van der Waals surface area contributed by atoms with Crippen LogP contribution in [0.5, 0.6) is 0 Å². The molecule has 1 saturated heterocycles. The molecule has 2 atom stereocenters. The first-order valence-electron chi connectivity index (χ1n) is 5.11. The fourth-order valence-corrected chi connectivity index (χ4v) is 1.49. The lowest BCUT2D eigenvalue weighted by Crippen LogP contribution is -2.30. The average molecular weight is 185 g/mol. The molecule has 1 fully saturated rings. The van der Waals surface area contributed by atoms with E-state index in [1.807, 2.05) is 0 Å². The third kappa shape index (κ3) is 3.65. The van der Waals surface area contributed by atoms with Crippen LogP contribution in [0.25, 0.3) is 0 Å². The average Bonchev–Trinajstić information content (AvgIpc) is 2.57. The molecule has 2 nitrogen and oxygen atoms in total. The Morgan fingerprint density at radius 1 is 1.15 bits per heavy atom. The van der Waals surface area contributed by atoms with E-state index >= 15 is 0 Å². The fraction of sp³-hybridized carbons (Fsp3) is 1.00. The highest BCUT2D eigenvalue weighted by Gasteiger charge is 2.42. The Hall–Kier alpha value is -0.0800. The molecule has 0 aromatic heterocycles. The SMILES string of the molecule is CC(C)(C)OCC1CN1C(C)(C)C. The van der Waals surface area contributed by atoms with Crippen LogP contribution in [0.2, 0.25) is 0 Å². The molecule has 0 aromatic carbocycles. The molecule has 0 saturated carbocycles. The molecule has 1 heterocycles. The van der Waals surface area contributed by atoms with E-state index in [2.05, 4.69) is 46.4 Å². The molecule has 2 heteroatoms. The molecule has 0 aromatic rings. The second-order valence-electron chi connectivity index (χ2n) is 5.90. The minimum absolute atomic E-state index is 0.00610. The summed E-state index contributed by atoms with van der Waals surface area (Å²) in [7, 11) is 0. The van der Waals surface area contributed by atoms with Gasteiger partial charge in [-0.25, -0.2) is 0 Å². The molecule has 0 amide bonds. The third-order valence-corrected chi connectivity index (χ3v) is 2.29. The van der Waals surface area contributed by atoms with E-state index in [0.29, 0.717) is 11.6 Å². The Balaban J connectivity index is 2.22. The molecule has 0 bridgehead atoms. The van der Waals surface area contributed by atoms with Crippen molar-refractivity contribution in [1.29, 1.82) is 0 Å². The van der Waals surface area contributed by atoms with Crippen molar-refractivity contribution < 1.29 is 4.74 Å². The first-order chi connectivity index (χ1) is 5.70. The van der Waals surface area contributed by atoms with Crippen molar-refractivity contribution in [3.8, 4) is 0 Å². The highest BCUT2D eigenvalue weighted by Crippen LogP contribution is 2.29. The smallest absolute Gasteiger partial charge is 0.0641 e. The lowest BCUT2D eigenvalue weighted by molar-refractivity contribution is -0.00823. The lowest BCUT2D eigenvalue weighted by atomic mass is 10.1. The van der Waals surface area contributed by atoms with Crippen LogP contribution in [-0.4, -0.2) is 35.2 Å². The summed E-state index contributed by atoms with van der Waals surface area (Å²) in [6, 6.07) is 0.652. The molecule has 0 N–H and O–H groups in total. The van der Waals surface area contributed by atoms with Gasteiger partial charge < -0.3 is 4.74 Å². The Morgan fingerprint density at radius 3 is 2.00 bits per heavy atom. The first-order valence-corrected chi connectivity index (χ1v) is 5.11. The maximum atomic E-state index is 5.74. The summed E-state index contributed by atoms with van der Waals surface area (Å²) in [6.45, 7) is 15.2. The summed E-state index contributed by atoms with van der Waals surface area (Å²) in [5.41, 5.74) is 0.318.